The van der Waals surface area contributed by atoms with E-state index in [0.717, 1.165) is 38.2 Å². The number of rotatable bonds is 8. The zero-order valence-electron chi connectivity index (χ0n) is 16.1. The fourth-order valence-electron chi connectivity index (χ4n) is 3.39. The molecule has 0 atom stereocenters. The van der Waals surface area contributed by atoms with E-state index in [1.807, 2.05) is 29.6 Å². The number of hydrogen-bond acceptors (Lipinski definition) is 5. The summed E-state index contributed by atoms with van der Waals surface area (Å²) in [6.07, 6.45) is 2.17. The van der Waals surface area contributed by atoms with E-state index in [-0.39, 0.29) is 17.9 Å². The van der Waals surface area contributed by atoms with Crippen molar-refractivity contribution in [3.8, 4) is 5.75 Å². The van der Waals surface area contributed by atoms with Gasteiger partial charge in [0.25, 0.3) is 5.91 Å². The van der Waals surface area contributed by atoms with Crippen LogP contribution in [0.3, 0.4) is 0 Å². The van der Waals surface area contributed by atoms with Crippen molar-refractivity contribution in [3.63, 3.8) is 0 Å². The zero-order chi connectivity index (χ0) is 19.8. The smallest absolute Gasteiger partial charge is 0.261 e. The second-order valence-corrected chi connectivity index (χ2v) is 7.86. The van der Waals surface area contributed by atoms with Crippen LogP contribution >= 0.6 is 11.3 Å². The highest BCUT2D eigenvalue weighted by Crippen LogP contribution is 2.21. The Morgan fingerprint density at radius 1 is 1.18 bits per heavy atom. The lowest BCUT2D eigenvalue weighted by Crippen LogP contribution is -2.45. The Morgan fingerprint density at radius 2 is 1.96 bits per heavy atom. The molecule has 1 aliphatic heterocycles. The molecule has 0 bridgehead atoms. The first-order valence-electron chi connectivity index (χ1n) is 9.61. The molecule has 1 saturated heterocycles. The number of carbonyl (C=O) groups excluding carboxylic acids is 2. The van der Waals surface area contributed by atoms with E-state index >= 15 is 0 Å². The Balaban J connectivity index is 1.34. The molecule has 0 saturated carbocycles. The van der Waals surface area contributed by atoms with Crippen LogP contribution in [-0.2, 0) is 11.3 Å². The number of methoxy groups -OCH3 is 1. The first-order valence-corrected chi connectivity index (χ1v) is 10.5. The molecule has 28 heavy (non-hydrogen) atoms. The molecule has 0 unspecified atom stereocenters. The molecule has 1 fully saturated rings. The summed E-state index contributed by atoms with van der Waals surface area (Å²) in [5.41, 5.74) is 1.19. The number of amides is 2. The van der Waals surface area contributed by atoms with Gasteiger partial charge in [0, 0.05) is 44.2 Å². The van der Waals surface area contributed by atoms with Gasteiger partial charge in [-0.15, -0.1) is 11.3 Å². The monoisotopic (exact) mass is 401 g/mol. The van der Waals surface area contributed by atoms with Crippen LogP contribution in [0.25, 0.3) is 0 Å². The molecule has 2 amide bonds. The van der Waals surface area contributed by atoms with Crippen molar-refractivity contribution in [1.29, 1.82) is 0 Å². The molecule has 1 aliphatic rings. The largest absolute Gasteiger partial charge is 0.496 e. The van der Waals surface area contributed by atoms with Crippen LogP contribution < -0.4 is 15.4 Å². The van der Waals surface area contributed by atoms with Gasteiger partial charge in [0.1, 0.15) is 5.75 Å². The molecular weight excluding hydrogens is 374 g/mol. The topological polar surface area (TPSA) is 70.7 Å². The van der Waals surface area contributed by atoms with Crippen molar-refractivity contribution in [1.82, 2.24) is 15.5 Å². The van der Waals surface area contributed by atoms with Gasteiger partial charge in [-0.05, 0) is 30.4 Å². The Kier molecular flexibility index (Phi) is 7.45. The van der Waals surface area contributed by atoms with Crippen molar-refractivity contribution in [2.24, 2.45) is 0 Å². The van der Waals surface area contributed by atoms with Crippen LogP contribution in [0.4, 0.5) is 0 Å². The van der Waals surface area contributed by atoms with E-state index in [0.29, 0.717) is 17.8 Å². The lowest BCUT2D eigenvalue weighted by atomic mass is 10.0. The van der Waals surface area contributed by atoms with E-state index in [1.54, 1.807) is 13.2 Å². The Morgan fingerprint density at radius 3 is 2.68 bits per heavy atom. The number of piperidine rings is 1. The summed E-state index contributed by atoms with van der Waals surface area (Å²) in [7, 11) is 1.70. The third-order valence-corrected chi connectivity index (χ3v) is 5.79. The van der Waals surface area contributed by atoms with Crippen LogP contribution in [0.2, 0.25) is 0 Å². The average Bonchev–Trinajstić information content (AvgIpc) is 3.25. The molecule has 150 valence electrons. The normalized spacial score (nSPS) is 15.2. The van der Waals surface area contributed by atoms with Crippen molar-refractivity contribution in [3.05, 3.63) is 52.2 Å². The first-order chi connectivity index (χ1) is 13.7. The number of thiophene rings is 1. The van der Waals surface area contributed by atoms with Gasteiger partial charge < -0.3 is 15.4 Å². The molecule has 0 radical (unpaired) electrons. The minimum absolute atomic E-state index is 0.00495. The highest BCUT2D eigenvalue weighted by atomic mass is 32.1. The average molecular weight is 402 g/mol. The van der Waals surface area contributed by atoms with Gasteiger partial charge in [-0.2, -0.15) is 0 Å². The summed E-state index contributed by atoms with van der Waals surface area (Å²) in [6, 6.07) is 11.9. The van der Waals surface area contributed by atoms with Gasteiger partial charge in [-0.3, -0.25) is 14.5 Å². The van der Waals surface area contributed by atoms with Crippen LogP contribution in [-0.4, -0.2) is 49.5 Å². The molecule has 6 nitrogen and oxygen atoms in total. The third-order valence-electron chi connectivity index (χ3n) is 4.92. The number of likely N-dealkylation sites (tertiary alicyclic amines) is 1. The minimum Gasteiger partial charge on any atom is -0.496 e. The van der Waals surface area contributed by atoms with Crippen LogP contribution in [0.15, 0.2) is 41.8 Å². The number of ether oxygens (including phenoxy) is 1. The van der Waals surface area contributed by atoms with Crippen LogP contribution in [0.5, 0.6) is 5.75 Å². The lowest BCUT2D eigenvalue weighted by molar-refractivity contribution is -0.122. The van der Waals surface area contributed by atoms with E-state index in [9.17, 15) is 9.59 Å². The van der Waals surface area contributed by atoms with Crippen molar-refractivity contribution in [2.45, 2.75) is 31.8 Å². The van der Waals surface area contributed by atoms with Crippen LogP contribution in [0.1, 0.15) is 34.5 Å². The molecule has 1 aromatic heterocycles. The fraction of sp³-hybridized carbons (Fsp3) is 0.429. The lowest BCUT2D eigenvalue weighted by Gasteiger charge is -2.32. The Hall–Kier alpha value is -2.38. The highest BCUT2D eigenvalue weighted by Gasteiger charge is 2.21. The fourth-order valence-corrected chi connectivity index (χ4v) is 4.03. The molecule has 7 heteroatoms. The summed E-state index contributed by atoms with van der Waals surface area (Å²) >= 11 is 1.40. The second-order valence-electron chi connectivity index (χ2n) is 6.91. The van der Waals surface area contributed by atoms with Crippen molar-refractivity contribution < 1.29 is 14.3 Å². The SMILES string of the molecule is COc1ccccc1CN1CCC(NC(=O)CCNC(=O)c2cccs2)CC1. The molecule has 0 spiro atoms. The van der Waals surface area contributed by atoms with Gasteiger partial charge in [-0.1, -0.05) is 24.3 Å². The molecule has 0 aliphatic carbocycles. The molecule has 3 rings (SSSR count). The van der Waals surface area contributed by atoms with E-state index in [1.165, 1.54) is 16.9 Å². The maximum Gasteiger partial charge on any atom is 0.261 e. The quantitative estimate of drug-likeness (QED) is 0.713. The van der Waals surface area contributed by atoms with Gasteiger partial charge in [0.05, 0.1) is 12.0 Å². The van der Waals surface area contributed by atoms with Crippen LogP contribution in [0, 0.1) is 0 Å². The summed E-state index contributed by atoms with van der Waals surface area (Å²) in [5, 5.41) is 7.75. The third kappa shape index (κ3) is 5.81. The number of benzene rings is 1. The molecule has 2 aromatic rings. The maximum atomic E-state index is 12.1. The number of nitrogens with zero attached hydrogens (tertiary/aromatic N) is 1. The number of carbonyl (C=O) groups is 2. The summed E-state index contributed by atoms with van der Waals surface area (Å²) in [6.45, 7) is 3.10. The second kappa shape index (κ2) is 10.2. The number of hydrogen-bond donors (Lipinski definition) is 2. The van der Waals surface area contributed by atoms with E-state index < -0.39 is 0 Å². The number of nitrogens with one attached hydrogen (secondary N) is 2. The summed E-state index contributed by atoms with van der Waals surface area (Å²) in [5.74, 6) is 0.796. The predicted molar refractivity (Wildman–Crippen MR) is 111 cm³/mol. The van der Waals surface area contributed by atoms with Crippen molar-refractivity contribution >= 4 is 23.2 Å². The molecule has 1 aromatic carbocycles. The standard InChI is InChI=1S/C21H27N3O3S/c1-27-18-6-3-2-5-16(18)15-24-12-9-17(10-13-24)23-20(25)8-11-22-21(26)19-7-4-14-28-19/h2-7,14,17H,8-13,15H2,1H3,(H,22,26)(H,23,25). The molecule has 2 heterocycles. The Bertz CT molecular complexity index is 771. The maximum absolute atomic E-state index is 12.1. The van der Waals surface area contributed by atoms with E-state index in [4.69, 9.17) is 4.74 Å². The van der Waals surface area contributed by atoms with E-state index in [2.05, 4.69) is 21.6 Å². The van der Waals surface area contributed by atoms with Gasteiger partial charge in [0.15, 0.2) is 0 Å². The summed E-state index contributed by atoms with van der Waals surface area (Å²) in [4.78, 5) is 27.1. The highest BCUT2D eigenvalue weighted by molar-refractivity contribution is 7.12. The molecule has 2 N–H and O–H groups in total. The van der Waals surface area contributed by atoms with Crippen molar-refractivity contribution in [2.75, 3.05) is 26.7 Å². The minimum atomic E-state index is -0.118. The first kappa shape index (κ1) is 20.4. The molecular formula is C21H27N3O3S. The van der Waals surface area contributed by atoms with Gasteiger partial charge in [-0.25, -0.2) is 0 Å². The zero-order valence-corrected chi connectivity index (χ0v) is 17.0. The Labute approximate surface area is 169 Å². The summed E-state index contributed by atoms with van der Waals surface area (Å²) < 4.78 is 5.43. The van der Waals surface area contributed by atoms with Gasteiger partial charge >= 0.3 is 0 Å². The number of para-hydroxylation sites is 1. The van der Waals surface area contributed by atoms with Gasteiger partial charge in [0.2, 0.25) is 5.91 Å². The predicted octanol–water partition coefficient (Wildman–Crippen LogP) is 2.66.